The van der Waals surface area contributed by atoms with Crippen LogP contribution in [0.15, 0.2) is 28.4 Å². The molecule has 78 valence electrons. The summed E-state index contributed by atoms with van der Waals surface area (Å²) >= 11 is 1.46. The maximum Gasteiger partial charge on any atom is 0.213 e. The van der Waals surface area contributed by atoms with E-state index in [1.165, 1.54) is 11.8 Å². The molecule has 0 aliphatic heterocycles. The molecule has 0 fully saturated rings. The maximum absolute atomic E-state index is 5.58. The summed E-state index contributed by atoms with van der Waals surface area (Å²) in [7, 11) is 1.79. The van der Waals surface area contributed by atoms with Crippen molar-refractivity contribution < 1.29 is 0 Å². The number of hydrogen-bond donors (Lipinski definition) is 1. The third-order valence-corrected chi connectivity index (χ3v) is 2.94. The average molecular weight is 222 g/mol. The van der Waals surface area contributed by atoms with Crippen LogP contribution in [0.25, 0.3) is 0 Å². The van der Waals surface area contributed by atoms with Gasteiger partial charge in [0.2, 0.25) is 5.16 Å². The summed E-state index contributed by atoms with van der Waals surface area (Å²) < 4.78 is 1.61. The van der Waals surface area contributed by atoms with Gasteiger partial charge in [-0.05, 0) is 34.3 Å². The summed E-state index contributed by atoms with van der Waals surface area (Å²) in [5.41, 5.74) is 6.44. The highest BCUT2D eigenvalue weighted by Crippen LogP contribution is 2.26. The molecule has 2 heterocycles. The quantitative estimate of drug-likeness (QED) is 0.799. The Labute approximate surface area is 90.9 Å². The molecular formula is C8H10N6S. The Hall–Kier alpha value is -1.47. The van der Waals surface area contributed by atoms with E-state index in [4.69, 9.17) is 5.73 Å². The monoisotopic (exact) mass is 222 g/mol. The van der Waals surface area contributed by atoms with E-state index in [-0.39, 0.29) is 0 Å². The number of rotatable bonds is 3. The van der Waals surface area contributed by atoms with Crippen molar-refractivity contribution in [3.63, 3.8) is 0 Å². The van der Waals surface area contributed by atoms with Crippen molar-refractivity contribution in [3.8, 4) is 0 Å². The summed E-state index contributed by atoms with van der Waals surface area (Å²) in [5.74, 6) is 0. The zero-order chi connectivity index (χ0) is 10.7. The Morgan fingerprint density at radius 3 is 3.07 bits per heavy atom. The Kier molecular flexibility index (Phi) is 2.93. The Morgan fingerprint density at radius 1 is 1.53 bits per heavy atom. The van der Waals surface area contributed by atoms with Crippen molar-refractivity contribution in [3.05, 3.63) is 24.0 Å². The fraction of sp³-hybridized carbons (Fsp3) is 0.250. The number of pyridine rings is 1. The van der Waals surface area contributed by atoms with Gasteiger partial charge in [0, 0.05) is 24.7 Å². The molecule has 0 saturated heterocycles. The molecule has 0 atom stereocenters. The first kappa shape index (κ1) is 10.1. The van der Waals surface area contributed by atoms with Gasteiger partial charge in [0.05, 0.1) is 5.69 Å². The topological polar surface area (TPSA) is 82.5 Å². The molecule has 0 amide bonds. The van der Waals surface area contributed by atoms with Crippen LogP contribution >= 0.6 is 11.8 Å². The first-order valence-corrected chi connectivity index (χ1v) is 5.17. The van der Waals surface area contributed by atoms with E-state index in [0.29, 0.717) is 6.54 Å². The van der Waals surface area contributed by atoms with Gasteiger partial charge < -0.3 is 5.73 Å². The molecule has 7 heteroatoms. The standard InChI is InChI=1S/C8H10N6S/c1-14-8(11-12-13-14)15-7-3-2-4-10-6(7)5-9/h2-4H,5,9H2,1H3. The van der Waals surface area contributed by atoms with Crippen LogP contribution < -0.4 is 5.73 Å². The molecule has 2 N–H and O–H groups in total. The minimum atomic E-state index is 0.411. The average Bonchev–Trinajstić information content (AvgIpc) is 2.65. The SMILES string of the molecule is Cn1nnnc1Sc1cccnc1CN. The molecule has 2 aromatic rings. The van der Waals surface area contributed by atoms with Gasteiger partial charge in [-0.15, -0.1) is 5.10 Å². The van der Waals surface area contributed by atoms with E-state index in [1.807, 2.05) is 12.1 Å². The molecule has 0 aliphatic carbocycles. The second-order valence-corrected chi connectivity index (χ2v) is 3.85. The lowest BCUT2D eigenvalue weighted by atomic mass is 10.3. The molecule has 2 rings (SSSR count). The fourth-order valence-corrected chi connectivity index (χ4v) is 1.92. The Balaban J connectivity index is 2.28. The zero-order valence-electron chi connectivity index (χ0n) is 8.16. The van der Waals surface area contributed by atoms with E-state index in [9.17, 15) is 0 Å². The van der Waals surface area contributed by atoms with Gasteiger partial charge >= 0.3 is 0 Å². The zero-order valence-corrected chi connectivity index (χ0v) is 8.98. The van der Waals surface area contributed by atoms with E-state index in [1.54, 1.807) is 17.9 Å². The first-order chi connectivity index (χ1) is 7.31. The third kappa shape index (κ3) is 2.13. The van der Waals surface area contributed by atoms with Gasteiger partial charge in [0.15, 0.2) is 0 Å². The molecule has 15 heavy (non-hydrogen) atoms. The van der Waals surface area contributed by atoms with E-state index in [0.717, 1.165) is 15.7 Å². The lowest BCUT2D eigenvalue weighted by Crippen LogP contribution is -2.01. The predicted octanol–water partition coefficient (Wildman–Crippen LogP) is 0.215. The molecule has 2 aromatic heterocycles. The van der Waals surface area contributed by atoms with Crippen molar-refractivity contribution in [2.45, 2.75) is 16.6 Å². The van der Waals surface area contributed by atoms with Crippen LogP contribution in [0.1, 0.15) is 5.69 Å². The summed E-state index contributed by atoms with van der Waals surface area (Å²) in [6.45, 7) is 0.411. The predicted molar refractivity (Wildman–Crippen MR) is 55.0 cm³/mol. The first-order valence-electron chi connectivity index (χ1n) is 4.35. The fourth-order valence-electron chi connectivity index (χ4n) is 1.08. The molecule has 0 saturated carbocycles. The summed E-state index contributed by atoms with van der Waals surface area (Å²) in [5, 5.41) is 11.9. The number of tetrazole rings is 1. The molecule has 0 aliphatic rings. The van der Waals surface area contributed by atoms with Crippen LogP contribution in [0, 0.1) is 0 Å². The molecule has 6 nitrogen and oxygen atoms in total. The Bertz CT molecular complexity index is 454. The van der Waals surface area contributed by atoms with Crippen LogP contribution in [-0.4, -0.2) is 25.2 Å². The lowest BCUT2D eigenvalue weighted by molar-refractivity contribution is 0.664. The smallest absolute Gasteiger partial charge is 0.213 e. The van der Waals surface area contributed by atoms with Gasteiger partial charge in [-0.2, -0.15) is 0 Å². The van der Waals surface area contributed by atoms with E-state index >= 15 is 0 Å². The van der Waals surface area contributed by atoms with Crippen LogP contribution in [0.2, 0.25) is 0 Å². The summed E-state index contributed by atoms with van der Waals surface area (Å²) in [6, 6.07) is 3.82. The van der Waals surface area contributed by atoms with Gasteiger partial charge in [-0.1, -0.05) is 0 Å². The maximum atomic E-state index is 5.58. The van der Waals surface area contributed by atoms with Crippen LogP contribution in [-0.2, 0) is 13.6 Å². The highest BCUT2D eigenvalue weighted by Gasteiger charge is 2.08. The molecule has 0 bridgehead atoms. The van der Waals surface area contributed by atoms with Crippen LogP contribution in [0.3, 0.4) is 0 Å². The molecule has 0 aromatic carbocycles. The minimum absolute atomic E-state index is 0.411. The van der Waals surface area contributed by atoms with Crippen molar-refractivity contribution >= 4 is 11.8 Å². The van der Waals surface area contributed by atoms with Gasteiger partial charge in [-0.3, -0.25) is 4.98 Å². The number of aryl methyl sites for hydroxylation is 1. The van der Waals surface area contributed by atoms with Crippen molar-refractivity contribution in [1.29, 1.82) is 0 Å². The highest BCUT2D eigenvalue weighted by atomic mass is 32.2. The highest BCUT2D eigenvalue weighted by molar-refractivity contribution is 7.99. The van der Waals surface area contributed by atoms with Crippen molar-refractivity contribution in [1.82, 2.24) is 25.2 Å². The van der Waals surface area contributed by atoms with Crippen molar-refractivity contribution in [2.24, 2.45) is 12.8 Å². The third-order valence-electron chi connectivity index (χ3n) is 1.82. The number of nitrogens with two attached hydrogens (primary N) is 1. The number of aromatic nitrogens is 5. The summed E-state index contributed by atoms with van der Waals surface area (Å²) in [4.78, 5) is 5.17. The van der Waals surface area contributed by atoms with E-state index in [2.05, 4.69) is 20.5 Å². The Morgan fingerprint density at radius 2 is 2.40 bits per heavy atom. The second-order valence-electron chi connectivity index (χ2n) is 2.84. The molecule has 0 unspecified atom stereocenters. The van der Waals surface area contributed by atoms with Crippen LogP contribution in [0.5, 0.6) is 0 Å². The number of nitrogens with zero attached hydrogens (tertiary/aromatic N) is 5. The largest absolute Gasteiger partial charge is 0.325 e. The van der Waals surface area contributed by atoms with Crippen LogP contribution in [0.4, 0.5) is 0 Å². The lowest BCUT2D eigenvalue weighted by Gasteiger charge is -2.03. The van der Waals surface area contributed by atoms with Crippen molar-refractivity contribution in [2.75, 3.05) is 0 Å². The van der Waals surface area contributed by atoms with Gasteiger partial charge in [0.25, 0.3) is 0 Å². The second kappa shape index (κ2) is 4.37. The summed E-state index contributed by atoms with van der Waals surface area (Å²) in [6.07, 6.45) is 1.72. The minimum Gasteiger partial charge on any atom is -0.325 e. The normalized spacial score (nSPS) is 10.5. The number of hydrogen-bond acceptors (Lipinski definition) is 6. The van der Waals surface area contributed by atoms with Gasteiger partial charge in [0.1, 0.15) is 0 Å². The molecule has 0 spiro atoms. The molecule has 0 radical (unpaired) electrons. The van der Waals surface area contributed by atoms with Gasteiger partial charge in [-0.25, -0.2) is 4.68 Å². The molecular weight excluding hydrogens is 212 g/mol. The van der Waals surface area contributed by atoms with E-state index < -0.39 is 0 Å².